The monoisotopic (exact) mass is 289 g/mol. The highest BCUT2D eigenvalue weighted by molar-refractivity contribution is 5.41. The maximum Gasteiger partial charge on any atom is 0.405 e. The molecule has 0 fully saturated rings. The second-order valence-corrected chi connectivity index (χ2v) is 5.08. The van der Waals surface area contributed by atoms with Crippen molar-refractivity contribution in [2.45, 2.75) is 46.5 Å². The summed E-state index contributed by atoms with van der Waals surface area (Å²) in [5.74, 6) is 0.371. The van der Waals surface area contributed by atoms with Gasteiger partial charge in [0.05, 0.1) is 0 Å². The van der Waals surface area contributed by atoms with Crippen molar-refractivity contribution >= 4 is 5.82 Å². The van der Waals surface area contributed by atoms with E-state index in [9.17, 15) is 13.2 Å². The molecule has 114 valence electrons. The fourth-order valence-corrected chi connectivity index (χ4v) is 1.82. The minimum absolute atomic E-state index is 0.273. The summed E-state index contributed by atoms with van der Waals surface area (Å²) in [5, 5.41) is 3.27. The average Bonchev–Trinajstić information content (AvgIpc) is 2.33. The van der Waals surface area contributed by atoms with E-state index in [0.717, 1.165) is 11.3 Å². The number of pyridine rings is 1. The molecule has 0 saturated carbocycles. The fourth-order valence-electron chi connectivity index (χ4n) is 1.82. The molecule has 0 atom stereocenters. The van der Waals surface area contributed by atoms with E-state index in [0.29, 0.717) is 18.4 Å². The molecule has 0 aliphatic heterocycles. The third kappa shape index (κ3) is 5.36. The van der Waals surface area contributed by atoms with Gasteiger partial charge in [0.1, 0.15) is 12.4 Å². The molecule has 0 unspecified atom stereocenters. The van der Waals surface area contributed by atoms with E-state index in [1.807, 2.05) is 26.8 Å². The summed E-state index contributed by atoms with van der Waals surface area (Å²) in [4.78, 5) is 5.52. The van der Waals surface area contributed by atoms with Crippen LogP contribution in [0.4, 0.5) is 19.0 Å². The minimum Gasteiger partial charge on any atom is -0.348 e. The highest BCUT2D eigenvalue weighted by Crippen LogP contribution is 2.21. The van der Waals surface area contributed by atoms with Gasteiger partial charge in [0, 0.05) is 24.8 Å². The number of anilines is 1. The van der Waals surface area contributed by atoms with E-state index in [1.54, 1.807) is 13.0 Å². The van der Waals surface area contributed by atoms with Crippen LogP contribution in [0.5, 0.6) is 0 Å². The van der Waals surface area contributed by atoms with Gasteiger partial charge in [0.15, 0.2) is 0 Å². The molecule has 1 N–H and O–H groups in total. The molecule has 0 aromatic carbocycles. The summed E-state index contributed by atoms with van der Waals surface area (Å²) >= 11 is 0. The highest BCUT2D eigenvalue weighted by Gasteiger charge is 2.30. The second-order valence-electron chi connectivity index (χ2n) is 5.08. The molecule has 3 nitrogen and oxygen atoms in total. The normalized spacial score (nSPS) is 12.0. The topological polar surface area (TPSA) is 28.2 Å². The van der Waals surface area contributed by atoms with Crippen molar-refractivity contribution in [3.8, 4) is 0 Å². The Morgan fingerprint density at radius 3 is 2.40 bits per heavy atom. The van der Waals surface area contributed by atoms with Gasteiger partial charge in [-0.3, -0.25) is 0 Å². The Kier molecular flexibility index (Phi) is 5.80. The third-order valence-corrected chi connectivity index (χ3v) is 2.96. The molecule has 20 heavy (non-hydrogen) atoms. The highest BCUT2D eigenvalue weighted by atomic mass is 19.4. The number of aromatic nitrogens is 1. The van der Waals surface area contributed by atoms with Crippen molar-refractivity contribution in [1.82, 2.24) is 10.3 Å². The number of nitrogens with one attached hydrogen (secondary N) is 1. The van der Waals surface area contributed by atoms with Crippen molar-refractivity contribution in [3.63, 3.8) is 0 Å². The van der Waals surface area contributed by atoms with E-state index >= 15 is 0 Å². The fraction of sp³-hybridized carbons (Fsp3) is 0.643. The molecular weight excluding hydrogens is 267 g/mol. The molecule has 1 rings (SSSR count). The molecule has 6 heteroatoms. The SMILES string of the molecule is CCN(CC(F)(F)F)c1ccc(CNC(C)C)c(C)n1. The molecule has 0 aliphatic rings. The van der Waals surface area contributed by atoms with E-state index in [4.69, 9.17) is 0 Å². The first-order chi connectivity index (χ1) is 9.23. The van der Waals surface area contributed by atoms with Gasteiger partial charge in [0.2, 0.25) is 0 Å². The van der Waals surface area contributed by atoms with E-state index < -0.39 is 12.7 Å². The van der Waals surface area contributed by atoms with Gasteiger partial charge in [-0.15, -0.1) is 0 Å². The Morgan fingerprint density at radius 2 is 1.95 bits per heavy atom. The zero-order valence-electron chi connectivity index (χ0n) is 12.4. The average molecular weight is 289 g/mol. The lowest BCUT2D eigenvalue weighted by Gasteiger charge is -2.24. The van der Waals surface area contributed by atoms with Crippen LogP contribution < -0.4 is 10.2 Å². The summed E-state index contributed by atoms with van der Waals surface area (Å²) < 4.78 is 37.5. The van der Waals surface area contributed by atoms with Crippen LogP contribution >= 0.6 is 0 Å². The molecule has 0 amide bonds. The van der Waals surface area contributed by atoms with Gasteiger partial charge in [-0.1, -0.05) is 19.9 Å². The number of halogens is 3. The zero-order valence-corrected chi connectivity index (χ0v) is 12.4. The maximum absolute atomic E-state index is 12.5. The van der Waals surface area contributed by atoms with E-state index in [2.05, 4.69) is 10.3 Å². The van der Waals surface area contributed by atoms with Gasteiger partial charge >= 0.3 is 6.18 Å². The molecule has 1 aromatic heterocycles. The maximum atomic E-state index is 12.5. The lowest BCUT2D eigenvalue weighted by atomic mass is 10.2. The molecule has 0 radical (unpaired) electrons. The lowest BCUT2D eigenvalue weighted by molar-refractivity contribution is -0.119. The Hall–Kier alpha value is -1.30. The third-order valence-electron chi connectivity index (χ3n) is 2.96. The van der Waals surface area contributed by atoms with Gasteiger partial charge in [-0.2, -0.15) is 13.2 Å². The largest absolute Gasteiger partial charge is 0.405 e. The molecule has 1 aromatic rings. The summed E-state index contributed by atoms with van der Waals surface area (Å²) in [6, 6.07) is 3.84. The molecule has 0 bridgehead atoms. The Morgan fingerprint density at radius 1 is 1.30 bits per heavy atom. The van der Waals surface area contributed by atoms with Crippen LogP contribution in [0.1, 0.15) is 32.0 Å². The summed E-state index contributed by atoms with van der Waals surface area (Å²) in [6.45, 7) is 7.56. The van der Waals surface area contributed by atoms with Crippen molar-refractivity contribution in [1.29, 1.82) is 0 Å². The standard InChI is InChI=1S/C14H22F3N3/c1-5-20(9-14(15,16)17)13-7-6-12(11(4)19-13)8-18-10(2)3/h6-7,10,18H,5,8-9H2,1-4H3. The molecule has 0 saturated heterocycles. The van der Waals surface area contributed by atoms with Crippen molar-refractivity contribution in [3.05, 3.63) is 23.4 Å². The predicted octanol–water partition coefficient (Wildman–Crippen LogP) is 3.28. The van der Waals surface area contributed by atoms with Crippen LogP contribution in [0, 0.1) is 6.92 Å². The van der Waals surface area contributed by atoms with Gasteiger partial charge < -0.3 is 10.2 Å². The number of aryl methyl sites for hydroxylation is 1. The smallest absolute Gasteiger partial charge is 0.348 e. The van der Waals surface area contributed by atoms with Crippen molar-refractivity contribution in [2.24, 2.45) is 0 Å². The summed E-state index contributed by atoms with van der Waals surface area (Å²) in [5.41, 5.74) is 1.77. The molecule has 0 spiro atoms. The van der Waals surface area contributed by atoms with Crippen LogP contribution in [-0.2, 0) is 6.54 Å². The quantitative estimate of drug-likeness (QED) is 0.871. The first-order valence-corrected chi connectivity index (χ1v) is 6.74. The van der Waals surface area contributed by atoms with Gasteiger partial charge in [-0.25, -0.2) is 4.98 Å². The lowest BCUT2D eigenvalue weighted by Crippen LogP contribution is -2.34. The van der Waals surface area contributed by atoms with Crippen molar-refractivity contribution < 1.29 is 13.2 Å². The van der Waals surface area contributed by atoms with Crippen LogP contribution in [0.25, 0.3) is 0 Å². The number of hydrogen-bond acceptors (Lipinski definition) is 3. The zero-order chi connectivity index (χ0) is 15.3. The Balaban J connectivity index is 2.84. The minimum atomic E-state index is -4.22. The first-order valence-electron chi connectivity index (χ1n) is 6.74. The number of nitrogens with zero attached hydrogens (tertiary/aromatic N) is 2. The number of alkyl halides is 3. The summed E-state index contributed by atoms with van der Waals surface area (Å²) in [6.07, 6.45) is -4.22. The van der Waals surface area contributed by atoms with Crippen molar-refractivity contribution in [2.75, 3.05) is 18.0 Å². The van der Waals surface area contributed by atoms with Crippen LogP contribution in [-0.4, -0.2) is 30.3 Å². The first kappa shape index (κ1) is 16.8. The van der Waals surface area contributed by atoms with E-state index in [-0.39, 0.29) is 6.54 Å². The molecule has 0 aliphatic carbocycles. The Bertz CT molecular complexity index is 430. The van der Waals surface area contributed by atoms with E-state index in [1.165, 1.54) is 4.90 Å². The molecular formula is C14H22F3N3. The molecule has 1 heterocycles. The van der Waals surface area contributed by atoms with Gasteiger partial charge in [-0.05, 0) is 25.5 Å². The van der Waals surface area contributed by atoms with Crippen LogP contribution in [0.15, 0.2) is 12.1 Å². The number of rotatable bonds is 6. The summed E-state index contributed by atoms with van der Waals surface area (Å²) in [7, 11) is 0. The number of hydrogen-bond donors (Lipinski definition) is 1. The van der Waals surface area contributed by atoms with Gasteiger partial charge in [0.25, 0.3) is 0 Å². The Labute approximate surface area is 118 Å². The predicted molar refractivity (Wildman–Crippen MR) is 74.9 cm³/mol. The van der Waals surface area contributed by atoms with Crippen LogP contribution in [0.3, 0.4) is 0 Å². The second kappa shape index (κ2) is 6.92. The van der Waals surface area contributed by atoms with Crippen LogP contribution in [0.2, 0.25) is 0 Å².